The zero-order valence-corrected chi connectivity index (χ0v) is 18.3. The number of hydrogen-bond donors (Lipinski definition) is 3. The lowest BCUT2D eigenvalue weighted by Crippen LogP contribution is -2.44. The molecule has 0 spiro atoms. The van der Waals surface area contributed by atoms with E-state index >= 15 is 0 Å². The van der Waals surface area contributed by atoms with Crippen LogP contribution in [0.4, 0.5) is 0 Å². The van der Waals surface area contributed by atoms with E-state index in [0.717, 1.165) is 37.6 Å². The second-order valence-electron chi connectivity index (χ2n) is 7.82. The van der Waals surface area contributed by atoms with Crippen LogP contribution in [0, 0.1) is 0 Å². The molecule has 3 N–H and O–H groups in total. The number of guanidine groups is 1. The Kier molecular flexibility index (Phi) is 7.97. The number of hydrogen-bond acceptors (Lipinski definition) is 4. The van der Waals surface area contributed by atoms with Crippen molar-refractivity contribution in [2.75, 3.05) is 26.7 Å². The van der Waals surface area contributed by atoms with E-state index in [1.807, 2.05) is 12.1 Å². The van der Waals surface area contributed by atoms with E-state index in [0.29, 0.717) is 30.8 Å². The highest BCUT2D eigenvalue weighted by molar-refractivity contribution is 5.80. The second-order valence-corrected chi connectivity index (χ2v) is 7.82. The van der Waals surface area contributed by atoms with Gasteiger partial charge in [0.1, 0.15) is 0 Å². The Hall–Kier alpha value is -2.73. The van der Waals surface area contributed by atoms with Crippen LogP contribution in [0.1, 0.15) is 31.4 Å². The third-order valence-corrected chi connectivity index (χ3v) is 5.57. The summed E-state index contributed by atoms with van der Waals surface area (Å²) in [5, 5.41) is 17.2. The first-order valence-electron chi connectivity index (χ1n) is 10.8. The second kappa shape index (κ2) is 10.9. The van der Waals surface area contributed by atoms with Crippen molar-refractivity contribution in [3.05, 3.63) is 59.7 Å². The molecular formula is C24H34N4O2. The van der Waals surface area contributed by atoms with Gasteiger partial charge in [0, 0.05) is 38.3 Å². The van der Waals surface area contributed by atoms with Crippen LogP contribution in [0.5, 0.6) is 11.5 Å². The Morgan fingerprint density at radius 3 is 2.73 bits per heavy atom. The minimum absolute atomic E-state index is 0.203. The molecule has 6 nitrogen and oxygen atoms in total. The Morgan fingerprint density at radius 2 is 2.00 bits per heavy atom. The van der Waals surface area contributed by atoms with Crippen molar-refractivity contribution in [3.63, 3.8) is 0 Å². The molecule has 30 heavy (non-hydrogen) atoms. The Morgan fingerprint density at radius 1 is 1.20 bits per heavy atom. The maximum absolute atomic E-state index is 10.3. The first-order chi connectivity index (χ1) is 14.6. The Bertz CT molecular complexity index is 825. The lowest BCUT2D eigenvalue weighted by Gasteiger charge is -2.21. The summed E-state index contributed by atoms with van der Waals surface area (Å²) in [5.74, 6) is 1.54. The minimum atomic E-state index is 0.203. The summed E-state index contributed by atoms with van der Waals surface area (Å²) in [5.41, 5.74) is 2.20. The summed E-state index contributed by atoms with van der Waals surface area (Å²) >= 11 is 0. The van der Waals surface area contributed by atoms with E-state index in [4.69, 9.17) is 9.73 Å². The topological polar surface area (TPSA) is 69.1 Å². The van der Waals surface area contributed by atoms with Gasteiger partial charge < -0.3 is 20.5 Å². The molecule has 0 amide bonds. The Balaban J connectivity index is 1.56. The monoisotopic (exact) mass is 410 g/mol. The van der Waals surface area contributed by atoms with Crippen molar-refractivity contribution in [2.24, 2.45) is 4.99 Å². The van der Waals surface area contributed by atoms with E-state index in [9.17, 15) is 5.11 Å². The molecule has 1 fully saturated rings. The number of ether oxygens (including phenoxy) is 1. The predicted octanol–water partition coefficient (Wildman–Crippen LogP) is 3.16. The molecule has 162 valence electrons. The average molecular weight is 411 g/mol. The minimum Gasteiger partial charge on any atom is -0.504 e. The number of rotatable bonds is 8. The summed E-state index contributed by atoms with van der Waals surface area (Å²) in [6.07, 6.45) is 1.74. The maximum Gasteiger partial charge on any atom is 0.191 e. The van der Waals surface area contributed by atoms with Crippen LogP contribution in [-0.4, -0.2) is 54.8 Å². The highest BCUT2D eigenvalue weighted by Gasteiger charge is 2.29. The molecule has 0 radical (unpaired) electrons. The van der Waals surface area contributed by atoms with Crippen molar-refractivity contribution in [3.8, 4) is 11.5 Å². The van der Waals surface area contributed by atoms with Crippen LogP contribution in [0.15, 0.2) is 53.5 Å². The van der Waals surface area contributed by atoms with Crippen molar-refractivity contribution in [1.29, 1.82) is 0 Å². The van der Waals surface area contributed by atoms with Gasteiger partial charge in [-0.15, -0.1) is 0 Å². The van der Waals surface area contributed by atoms with Crippen LogP contribution >= 0.6 is 0 Å². The first-order valence-corrected chi connectivity index (χ1v) is 10.8. The van der Waals surface area contributed by atoms with Gasteiger partial charge in [0.15, 0.2) is 17.5 Å². The third kappa shape index (κ3) is 5.89. The molecule has 0 saturated carbocycles. The van der Waals surface area contributed by atoms with Crippen LogP contribution in [0.3, 0.4) is 0 Å². The number of likely N-dealkylation sites (tertiary alicyclic amines) is 1. The largest absolute Gasteiger partial charge is 0.504 e. The molecule has 1 saturated heterocycles. The van der Waals surface area contributed by atoms with Crippen LogP contribution in [0.25, 0.3) is 0 Å². The summed E-state index contributed by atoms with van der Waals surface area (Å²) in [7, 11) is 1.56. The number of nitrogens with zero attached hydrogens (tertiary/aromatic N) is 2. The van der Waals surface area contributed by atoms with Gasteiger partial charge in [-0.1, -0.05) is 42.5 Å². The van der Waals surface area contributed by atoms with Gasteiger partial charge in [0.2, 0.25) is 0 Å². The summed E-state index contributed by atoms with van der Waals surface area (Å²) in [4.78, 5) is 7.25. The average Bonchev–Trinajstić information content (AvgIpc) is 3.08. The molecule has 2 aromatic rings. The maximum atomic E-state index is 10.3. The van der Waals surface area contributed by atoms with Crippen molar-refractivity contribution >= 4 is 5.96 Å². The van der Waals surface area contributed by atoms with E-state index in [2.05, 4.69) is 59.7 Å². The third-order valence-electron chi connectivity index (χ3n) is 5.57. The lowest BCUT2D eigenvalue weighted by atomic mass is 10.1. The number of methoxy groups -OCH3 is 1. The number of benzene rings is 2. The fourth-order valence-corrected chi connectivity index (χ4v) is 3.98. The molecule has 0 aromatic heterocycles. The molecule has 1 aliphatic heterocycles. The molecule has 1 aliphatic rings. The summed E-state index contributed by atoms with van der Waals surface area (Å²) < 4.78 is 5.19. The fourth-order valence-electron chi connectivity index (χ4n) is 3.98. The van der Waals surface area contributed by atoms with Crippen LogP contribution < -0.4 is 15.4 Å². The lowest BCUT2D eigenvalue weighted by molar-refractivity contribution is 0.258. The first kappa shape index (κ1) is 22.0. The number of phenols is 1. The fraction of sp³-hybridized carbons (Fsp3) is 0.458. The quantitative estimate of drug-likeness (QED) is 0.461. The SMILES string of the molecule is CCNC(=NCCc1cccc(OC)c1O)NC1CC(C)N(Cc2ccccc2)C1. The van der Waals surface area contributed by atoms with Gasteiger partial charge in [-0.2, -0.15) is 0 Å². The van der Waals surface area contributed by atoms with Gasteiger partial charge in [-0.3, -0.25) is 9.89 Å². The highest BCUT2D eigenvalue weighted by atomic mass is 16.5. The van der Waals surface area contributed by atoms with Gasteiger partial charge >= 0.3 is 0 Å². The van der Waals surface area contributed by atoms with Crippen LogP contribution in [0.2, 0.25) is 0 Å². The summed E-state index contributed by atoms with van der Waals surface area (Å²) in [6, 6.07) is 17.1. The van der Waals surface area contributed by atoms with Gasteiger partial charge in [-0.05, 0) is 43.9 Å². The summed E-state index contributed by atoms with van der Waals surface area (Å²) in [6.45, 7) is 7.74. The Labute approximate surface area is 180 Å². The number of aromatic hydroxyl groups is 1. The number of aliphatic imine (C=N–C) groups is 1. The zero-order chi connectivity index (χ0) is 21.3. The molecule has 0 aliphatic carbocycles. The number of nitrogens with one attached hydrogen (secondary N) is 2. The van der Waals surface area contributed by atoms with Crippen LogP contribution in [-0.2, 0) is 13.0 Å². The van der Waals surface area contributed by atoms with Crippen molar-refractivity contribution in [1.82, 2.24) is 15.5 Å². The molecule has 2 unspecified atom stereocenters. The molecule has 0 bridgehead atoms. The smallest absolute Gasteiger partial charge is 0.191 e. The van der Waals surface area contributed by atoms with E-state index in [-0.39, 0.29) is 5.75 Å². The van der Waals surface area contributed by atoms with E-state index in [1.165, 1.54) is 5.56 Å². The number of para-hydroxylation sites is 1. The molecule has 2 aromatic carbocycles. The van der Waals surface area contributed by atoms with E-state index < -0.39 is 0 Å². The normalized spacial score (nSPS) is 19.6. The van der Waals surface area contributed by atoms with E-state index in [1.54, 1.807) is 13.2 Å². The highest BCUT2D eigenvalue weighted by Crippen LogP contribution is 2.29. The molecule has 6 heteroatoms. The molecule has 2 atom stereocenters. The van der Waals surface area contributed by atoms with Gasteiger partial charge in [0.05, 0.1) is 7.11 Å². The standard InChI is InChI=1S/C24H34N4O2/c1-4-25-24(26-14-13-20-11-8-12-22(30-3)23(20)29)27-21-15-18(2)28(17-21)16-19-9-6-5-7-10-19/h5-12,18,21,29H,4,13-17H2,1-3H3,(H2,25,26,27). The molecule has 3 rings (SSSR count). The van der Waals surface area contributed by atoms with Crippen molar-refractivity contribution in [2.45, 2.75) is 45.3 Å². The van der Waals surface area contributed by atoms with Gasteiger partial charge in [-0.25, -0.2) is 0 Å². The zero-order valence-electron chi connectivity index (χ0n) is 18.3. The molecule has 1 heterocycles. The predicted molar refractivity (Wildman–Crippen MR) is 122 cm³/mol. The number of phenolic OH excluding ortho intramolecular Hbond substituents is 1. The molecular weight excluding hydrogens is 376 g/mol. The van der Waals surface area contributed by atoms with Crippen molar-refractivity contribution < 1.29 is 9.84 Å². The van der Waals surface area contributed by atoms with Gasteiger partial charge in [0.25, 0.3) is 0 Å².